The maximum atomic E-state index is 12.7. The van der Waals surface area contributed by atoms with Crippen molar-refractivity contribution in [3.05, 3.63) is 59.7 Å². The van der Waals surface area contributed by atoms with Gasteiger partial charge in [-0.05, 0) is 49.4 Å². The largest absolute Gasteiger partial charge is 0.325 e. The van der Waals surface area contributed by atoms with E-state index < -0.39 is 5.41 Å². The molecular weight excluding hydrogens is 300 g/mol. The van der Waals surface area contributed by atoms with Crippen LogP contribution in [0.1, 0.15) is 30.9 Å². The zero-order valence-electron chi connectivity index (χ0n) is 14.1. The maximum Gasteiger partial charge on any atom is 0.240 e. The summed E-state index contributed by atoms with van der Waals surface area (Å²) in [6.07, 6.45) is 2.01. The van der Waals surface area contributed by atoms with Gasteiger partial charge >= 0.3 is 0 Å². The number of anilines is 2. The first kappa shape index (κ1) is 16.2. The Bertz CT molecular complexity index is 779. The smallest absolute Gasteiger partial charge is 0.240 e. The lowest BCUT2D eigenvalue weighted by molar-refractivity contribution is -0.131. The van der Waals surface area contributed by atoms with E-state index in [2.05, 4.69) is 10.6 Å². The molecule has 0 bridgehead atoms. The van der Waals surface area contributed by atoms with Crippen molar-refractivity contribution >= 4 is 23.2 Å². The van der Waals surface area contributed by atoms with E-state index in [1.54, 1.807) is 0 Å². The predicted molar refractivity (Wildman–Crippen MR) is 95.9 cm³/mol. The average Bonchev–Trinajstić information content (AvgIpc) is 3.39. The summed E-state index contributed by atoms with van der Waals surface area (Å²) in [5.41, 5.74) is 2.67. The second-order valence-electron chi connectivity index (χ2n) is 6.32. The SMILES string of the molecule is CCc1ccccc1NC(=O)C1(C(=O)Nc2ccccc2C)CC1. The van der Waals surface area contributed by atoms with Crippen molar-refractivity contribution in [2.45, 2.75) is 33.1 Å². The molecule has 1 aliphatic carbocycles. The Labute approximate surface area is 142 Å². The van der Waals surface area contributed by atoms with E-state index in [0.29, 0.717) is 12.8 Å². The Hall–Kier alpha value is -2.62. The Morgan fingerprint density at radius 1 is 0.917 bits per heavy atom. The van der Waals surface area contributed by atoms with Crippen LogP contribution in [0, 0.1) is 12.3 Å². The summed E-state index contributed by atoms with van der Waals surface area (Å²) in [7, 11) is 0. The molecule has 0 radical (unpaired) electrons. The molecule has 124 valence electrons. The van der Waals surface area contributed by atoms with Crippen LogP contribution in [-0.4, -0.2) is 11.8 Å². The molecule has 0 heterocycles. The lowest BCUT2D eigenvalue weighted by atomic mass is 10.0. The van der Waals surface area contributed by atoms with Crippen molar-refractivity contribution in [2.24, 2.45) is 5.41 Å². The van der Waals surface area contributed by atoms with Crippen molar-refractivity contribution in [1.82, 2.24) is 0 Å². The standard InChI is InChI=1S/C20H22N2O2/c1-3-15-9-5-7-11-17(15)22-19(24)20(12-13-20)18(23)21-16-10-6-4-8-14(16)2/h4-11H,3,12-13H2,1-2H3,(H,21,23)(H,22,24). The third-order valence-corrected chi connectivity index (χ3v) is 4.66. The van der Waals surface area contributed by atoms with Crippen molar-refractivity contribution in [1.29, 1.82) is 0 Å². The van der Waals surface area contributed by atoms with Crippen molar-refractivity contribution in [3.8, 4) is 0 Å². The fourth-order valence-corrected chi connectivity index (χ4v) is 2.83. The van der Waals surface area contributed by atoms with Crippen LogP contribution in [0.2, 0.25) is 0 Å². The quantitative estimate of drug-likeness (QED) is 0.820. The molecule has 0 aliphatic heterocycles. The summed E-state index contributed by atoms with van der Waals surface area (Å²) in [5.74, 6) is -0.433. The predicted octanol–water partition coefficient (Wildman–Crippen LogP) is 3.91. The molecule has 0 atom stereocenters. The molecular formula is C20H22N2O2. The van der Waals surface area contributed by atoms with Crippen molar-refractivity contribution in [2.75, 3.05) is 10.6 Å². The topological polar surface area (TPSA) is 58.2 Å². The third kappa shape index (κ3) is 3.04. The summed E-state index contributed by atoms with van der Waals surface area (Å²) in [6.45, 7) is 3.98. The maximum absolute atomic E-state index is 12.7. The van der Waals surface area contributed by atoms with Crippen molar-refractivity contribution < 1.29 is 9.59 Å². The number of amides is 2. The van der Waals surface area contributed by atoms with E-state index in [9.17, 15) is 9.59 Å². The van der Waals surface area contributed by atoms with E-state index in [4.69, 9.17) is 0 Å². The number of carbonyl (C=O) groups excluding carboxylic acids is 2. The molecule has 2 aromatic carbocycles. The number of para-hydroxylation sites is 2. The number of rotatable bonds is 5. The molecule has 24 heavy (non-hydrogen) atoms. The van der Waals surface area contributed by atoms with E-state index in [0.717, 1.165) is 28.9 Å². The highest BCUT2D eigenvalue weighted by Gasteiger charge is 2.56. The first-order valence-corrected chi connectivity index (χ1v) is 8.33. The van der Waals surface area contributed by atoms with Gasteiger partial charge in [0, 0.05) is 11.4 Å². The van der Waals surface area contributed by atoms with Crippen LogP contribution >= 0.6 is 0 Å². The average molecular weight is 322 g/mol. The molecule has 4 nitrogen and oxygen atoms in total. The molecule has 0 unspecified atom stereocenters. The summed E-state index contributed by atoms with van der Waals surface area (Å²) in [4.78, 5) is 25.4. The number of nitrogens with one attached hydrogen (secondary N) is 2. The molecule has 0 aromatic heterocycles. The molecule has 2 aromatic rings. The zero-order valence-corrected chi connectivity index (χ0v) is 14.1. The van der Waals surface area contributed by atoms with Crippen molar-refractivity contribution in [3.63, 3.8) is 0 Å². The monoisotopic (exact) mass is 322 g/mol. The highest BCUT2D eigenvalue weighted by molar-refractivity contribution is 6.17. The summed E-state index contributed by atoms with van der Waals surface area (Å²) in [5, 5.41) is 5.85. The first-order valence-electron chi connectivity index (χ1n) is 8.33. The number of carbonyl (C=O) groups is 2. The van der Waals surface area contributed by atoms with Gasteiger partial charge in [-0.2, -0.15) is 0 Å². The number of aryl methyl sites for hydroxylation is 2. The second kappa shape index (κ2) is 6.48. The number of benzene rings is 2. The summed E-state index contributed by atoms with van der Waals surface area (Å²) in [6, 6.07) is 15.3. The van der Waals surface area contributed by atoms with Gasteiger partial charge in [-0.1, -0.05) is 43.3 Å². The highest BCUT2D eigenvalue weighted by atomic mass is 16.2. The minimum absolute atomic E-state index is 0.213. The fraction of sp³-hybridized carbons (Fsp3) is 0.300. The Morgan fingerprint density at radius 2 is 1.46 bits per heavy atom. The van der Waals surface area contributed by atoms with Gasteiger partial charge in [0.05, 0.1) is 0 Å². The number of hydrogen-bond donors (Lipinski definition) is 2. The minimum Gasteiger partial charge on any atom is -0.325 e. The Kier molecular flexibility index (Phi) is 4.38. The number of hydrogen-bond acceptors (Lipinski definition) is 2. The fourth-order valence-electron chi connectivity index (χ4n) is 2.83. The first-order chi connectivity index (χ1) is 11.6. The highest BCUT2D eigenvalue weighted by Crippen LogP contribution is 2.47. The van der Waals surface area contributed by atoms with Gasteiger partial charge in [0.25, 0.3) is 0 Å². The molecule has 2 N–H and O–H groups in total. The van der Waals surface area contributed by atoms with Gasteiger partial charge in [0.1, 0.15) is 5.41 Å². The molecule has 0 saturated heterocycles. The van der Waals surface area contributed by atoms with E-state index in [1.165, 1.54) is 0 Å². The third-order valence-electron chi connectivity index (χ3n) is 4.66. The van der Waals surface area contributed by atoms with Crippen LogP contribution < -0.4 is 10.6 Å². The van der Waals surface area contributed by atoms with E-state index >= 15 is 0 Å². The minimum atomic E-state index is -0.941. The second-order valence-corrected chi connectivity index (χ2v) is 6.32. The van der Waals surface area contributed by atoms with Gasteiger partial charge in [0.15, 0.2) is 0 Å². The molecule has 2 amide bonds. The van der Waals surface area contributed by atoms with Crippen LogP contribution in [-0.2, 0) is 16.0 Å². The molecule has 1 aliphatic rings. The van der Waals surface area contributed by atoms with Crippen LogP contribution in [0.25, 0.3) is 0 Å². The Balaban J connectivity index is 1.74. The van der Waals surface area contributed by atoms with Gasteiger partial charge < -0.3 is 10.6 Å². The van der Waals surface area contributed by atoms with Crippen LogP contribution in [0.4, 0.5) is 11.4 Å². The van der Waals surface area contributed by atoms with Gasteiger partial charge in [-0.25, -0.2) is 0 Å². The molecule has 0 spiro atoms. The summed E-state index contributed by atoms with van der Waals surface area (Å²) >= 11 is 0. The molecule has 4 heteroatoms. The molecule has 1 saturated carbocycles. The van der Waals surface area contributed by atoms with Crippen LogP contribution in [0.5, 0.6) is 0 Å². The van der Waals surface area contributed by atoms with E-state index in [-0.39, 0.29) is 11.8 Å². The van der Waals surface area contributed by atoms with Gasteiger partial charge in [-0.3, -0.25) is 9.59 Å². The molecule has 3 rings (SSSR count). The normalized spacial score (nSPS) is 14.8. The Morgan fingerprint density at radius 3 is 2.04 bits per heavy atom. The molecule has 1 fully saturated rings. The van der Waals surface area contributed by atoms with Crippen LogP contribution in [0.15, 0.2) is 48.5 Å². The lowest BCUT2D eigenvalue weighted by Crippen LogP contribution is -2.36. The van der Waals surface area contributed by atoms with Crippen LogP contribution in [0.3, 0.4) is 0 Å². The zero-order chi connectivity index (χ0) is 17.2. The van der Waals surface area contributed by atoms with Gasteiger partial charge in [0.2, 0.25) is 11.8 Å². The summed E-state index contributed by atoms with van der Waals surface area (Å²) < 4.78 is 0. The lowest BCUT2D eigenvalue weighted by Gasteiger charge is -2.17. The van der Waals surface area contributed by atoms with Gasteiger partial charge in [-0.15, -0.1) is 0 Å². The van der Waals surface area contributed by atoms with E-state index in [1.807, 2.05) is 62.4 Å².